The van der Waals surface area contributed by atoms with Crippen molar-refractivity contribution in [1.82, 2.24) is 4.90 Å². The molecule has 0 aliphatic heterocycles. The Labute approximate surface area is 115 Å². The van der Waals surface area contributed by atoms with Gasteiger partial charge in [0.2, 0.25) is 0 Å². The van der Waals surface area contributed by atoms with E-state index in [1.807, 2.05) is 27.0 Å². The third kappa shape index (κ3) is 4.80. The molecule has 0 bridgehead atoms. The fourth-order valence-electron chi connectivity index (χ4n) is 1.54. The molecule has 1 aromatic rings. The van der Waals surface area contributed by atoms with Gasteiger partial charge in [-0.05, 0) is 38.6 Å². The predicted octanol–water partition coefficient (Wildman–Crippen LogP) is 2.43. The van der Waals surface area contributed by atoms with Crippen LogP contribution in [0.15, 0.2) is 18.2 Å². The van der Waals surface area contributed by atoms with Crippen LogP contribution in [0.4, 0.5) is 4.39 Å². The van der Waals surface area contributed by atoms with Crippen molar-refractivity contribution >= 4 is 12.4 Å². The van der Waals surface area contributed by atoms with Gasteiger partial charge >= 0.3 is 0 Å². The first-order valence-corrected chi connectivity index (χ1v) is 5.90. The molecule has 104 valence electrons. The molecule has 0 aromatic heterocycles. The van der Waals surface area contributed by atoms with Gasteiger partial charge in [0.05, 0.1) is 6.61 Å². The standard InChI is InChI=1S/C13H21FN2O.ClH/c1-4-17-13-6-5-11(7-12(13)14)9-16(3)10(2)8-15;/h5-7,10H,4,8-9,15H2,1-3H3;1H. The zero-order chi connectivity index (χ0) is 12.8. The SMILES string of the molecule is CCOc1ccc(CN(C)C(C)CN)cc1F.Cl. The summed E-state index contributed by atoms with van der Waals surface area (Å²) in [6.07, 6.45) is 0. The Hall–Kier alpha value is -0.840. The van der Waals surface area contributed by atoms with E-state index in [4.69, 9.17) is 10.5 Å². The van der Waals surface area contributed by atoms with Crippen molar-refractivity contribution in [2.75, 3.05) is 20.2 Å². The van der Waals surface area contributed by atoms with Gasteiger partial charge < -0.3 is 10.5 Å². The van der Waals surface area contributed by atoms with Crippen molar-refractivity contribution in [2.24, 2.45) is 5.73 Å². The van der Waals surface area contributed by atoms with E-state index in [9.17, 15) is 4.39 Å². The summed E-state index contributed by atoms with van der Waals surface area (Å²) in [5.41, 5.74) is 6.51. The minimum atomic E-state index is -0.307. The van der Waals surface area contributed by atoms with E-state index in [1.54, 1.807) is 6.07 Å². The van der Waals surface area contributed by atoms with Crippen LogP contribution < -0.4 is 10.5 Å². The van der Waals surface area contributed by atoms with Gasteiger partial charge in [0.25, 0.3) is 0 Å². The molecule has 0 spiro atoms. The normalized spacial score (nSPS) is 12.1. The first-order chi connectivity index (χ1) is 8.08. The summed E-state index contributed by atoms with van der Waals surface area (Å²) in [5, 5.41) is 0. The highest BCUT2D eigenvalue weighted by Crippen LogP contribution is 2.19. The Morgan fingerprint density at radius 2 is 2.11 bits per heavy atom. The summed E-state index contributed by atoms with van der Waals surface area (Å²) in [6.45, 7) is 5.63. The number of likely N-dealkylation sites (N-methyl/N-ethyl adjacent to an activating group) is 1. The van der Waals surface area contributed by atoms with Gasteiger partial charge in [0.15, 0.2) is 11.6 Å². The quantitative estimate of drug-likeness (QED) is 0.867. The summed E-state index contributed by atoms with van der Waals surface area (Å²) in [6, 6.07) is 5.36. The molecule has 18 heavy (non-hydrogen) atoms. The third-order valence-corrected chi connectivity index (χ3v) is 2.82. The highest BCUT2D eigenvalue weighted by molar-refractivity contribution is 5.85. The second-order valence-electron chi connectivity index (χ2n) is 4.20. The van der Waals surface area contributed by atoms with Crippen molar-refractivity contribution in [3.63, 3.8) is 0 Å². The second kappa shape index (κ2) is 8.29. The molecule has 0 saturated carbocycles. The van der Waals surface area contributed by atoms with Crippen molar-refractivity contribution in [3.05, 3.63) is 29.6 Å². The molecule has 0 aliphatic carbocycles. The average Bonchev–Trinajstić information content (AvgIpc) is 2.31. The lowest BCUT2D eigenvalue weighted by Gasteiger charge is -2.23. The molecular formula is C13H22ClFN2O. The van der Waals surface area contributed by atoms with Crippen LogP contribution in [-0.2, 0) is 6.54 Å². The van der Waals surface area contributed by atoms with Gasteiger partial charge in [-0.3, -0.25) is 4.90 Å². The molecule has 0 aliphatic rings. The van der Waals surface area contributed by atoms with E-state index in [0.29, 0.717) is 25.4 Å². The summed E-state index contributed by atoms with van der Waals surface area (Å²) in [4.78, 5) is 2.09. The largest absolute Gasteiger partial charge is 0.491 e. The predicted molar refractivity (Wildman–Crippen MR) is 74.8 cm³/mol. The van der Waals surface area contributed by atoms with Gasteiger partial charge in [-0.15, -0.1) is 12.4 Å². The average molecular weight is 277 g/mol. The molecule has 0 heterocycles. The van der Waals surface area contributed by atoms with E-state index in [1.165, 1.54) is 6.07 Å². The Kier molecular flexibility index (Phi) is 7.91. The van der Waals surface area contributed by atoms with Crippen molar-refractivity contribution < 1.29 is 9.13 Å². The minimum Gasteiger partial charge on any atom is -0.491 e. The molecule has 1 rings (SSSR count). The Bertz CT molecular complexity index is 363. The van der Waals surface area contributed by atoms with E-state index < -0.39 is 0 Å². The number of nitrogens with two attached hydrogens (primary N) is 1. The van der Waals surface area contributed by atoms with Crippen molar-refractivity contribution in [2.45, 2.75) is 26.4 Å². The molecule has 5 heteroatoms. The second-order valence-corrected chi connectivity index (χ2v) is 4.20. The van der Waals surface area contributed by atoms with Gasteiger partial charge in [-0.1, -0.05) is 6.07 Å². The summed E-state index contributed by atoms with van der Waals surface area (Å²) < 4.78 is 18.8. The highest BCUT2D eigenvalue weighted by Gasteiger charge is 2.09. The molecule has 0 radical (unpaired) electrons. The molecule has 1 aromatic carbocycles. The number of hydrogen-bond acceptors (Lipinski definition) is 3. The van der Waals surface area contributed by atoms with Gasteiger partial charge in [-0.25, -0.2) is 4.39 Å². The molecular weight excluding hydrogens is 255 g/mol. The number of halogens is 2. The fourth-order valence-corrected chi connectivity index (χ4v) is 1.54. The van der Waals surface area contributed by atoms with Crippen LogP contribution >= 0.6 is 12.4 Å². The van der Waals surface area contributed by atoms with Crippen molar-refractivity contribution in [3.8, 4) is 5.75 Å². The number of hydrogen-bond donors (Lipinski definition) is 1. The summed E-state index contributed by atoms with van der Waals surface area (Å²) in [7, 11) is 1.98. The molecule has 0 amide bonds. The highest BCUT2D eigenvalue weighted by atomic mass is 35.5. The lowest BCUT2D eigenvalue weighted by Crippen LogP contribution is -2.34. The van der Waals surface area contributed by atoms with E-state index in [0.717, 1.165) is 5.56 Å². The Morgan fingerprint density at radius 1 is 1.44 bits per heavy atom. The molecule has 1 unspecified atom stereocenters. The van der Waals surface area contributed by atoms with Crippen LogP contribution in [0.3, 0.4) is 0 Å². The smallest absolute Gasteiger partial charge is 0.165 e. The monoisotopic (exact) mass is 276 g/mol. The number of rotatable bonds is 6. The van der Waals surface area contributed by atoms with E-state index in [2.05, 4.69) is 4.90 Å². The van der Waals surface area contributed by atoms with Gasteiger partial charge in [-0.2, -0.15) is 0 Å². The maximum absolute atomic E-state index is 13.6. The lowest BCUT2D eigenvalue weighted by molar-refractivity contribution is 0.254. The fraction of sp³-hybridized carbons (Fsp3) is 0.538. The van der Waals surface area contributed by atoms with Crippen LogP contribution in [-0.4, -0.2) is 31.1 Å². The molecule has 0 saturated heterocycles. The molecule has 2 N–H and O–H groups in total. The van der Waals surface area contributed by atoms with Crippen LogP contribution in [0.25, 0.3) is 0 Å². The minimum absolute atomic E-state index is 0. The lowest BCUT2D eigenvalue weighted by atomic mass is 10.1. The number of nitrogens with zero attached hydrogens (tertiary/aromatic N) is 1. The Morgan fingerprint density at radius 3 is 2.61 bits per heavy atom. The summed E-state index contributed by atoms with van der Waals surface area (Å²) >= 11 is 0. The number of benzene rings is 1. The Balaban J connectivity index is 0.00000289. The van der Waals surface area contributed by atoms with Crippen LogP contribution in [0.1, 0.15) is 19.4 Å². The maximum Gasteiger partial charge on any atom is 0.165 e. The maximum atomic E-state index is 13.6. The van der Waals surface area contributed by atoms with Crippen LogP contribution in [0.2, 0.25) is 0 Å². The molecule has 3 nitrogen and oxygen atoms in total. The van der Waals surface area contributed by atoms with E-state index in [-0.39, 0.29) is 24.3 Å². The number of ether oxygens (including phenoxy) is 1. The van der Waals surface area contributed by atoms with Crippen LogP contribution in [0, 0.1) is 5.82 Å². The van der Waals surface area contributed by atoms with Gasteiger partial charge in [0, 0.05) is 19.1 Å². The molecule has 0 fully saturated rings. The zero-order valence-electron chi connectivity index (χ0n) is 11.1. The van der Waals surface area contributed by atoms with Crippen LogP contribution in [0.5, 0.6) is 5.75 Å². The summed E-state index contributed by atoms with van der Waals surface area (Å²) in [5.74, 6) is 0.00364. The van der Waals surface area contributed by atoms with Crippen molar-refractivity contribution in [1.29, 1.82) is 0 Å². The zero-order valence-corrected chi connectivity index (χ0v) is 12.0. The third-order valence-electron chi connectivity index (χ3n) is 2.82. The topological polar surface area (TPSA) is 38.5 Å². The van der Waals surface area contributed by atoms with Gasteiger partial charge in [0.1, 0.15) is 0 Å². The first-order valence-electron chi connectivity index (χ1n) is 5.90. The molecule has 1 atom stereocenters. The first kappa shape index (κ1) is 17.2. The van der Waals surface area contributed by atoms with E-state index >= 15 is 0 Å².